The molecule has 1 aliphatic rings. The SMILES string of the molecule is C=COC(=O)C1(CCCC)CCCCC1. The third kappa shape index (κ3) is 3.08. The van der Waals surface area contributed by atoms with Crippen LogP contribution in [0.15, 0.2) is 12.8 Å². The summed E-state index contributed by atoms with van der Waals surface area (Å²) in [6, 6.07) is 0. The molecule has 0 spiro atoms. The monoisotopic (exact) mass is 210 g/mol. The number of unbranched alkanes of at least 4 members (excludes halogenated alkanes) is 1. The second-order valence-electron chi connectivity index (χ2n) is 4.52. The highest BCUT2D eigenvalue weighted by Crippen LogP contribution is 2.41. The molecule has 1 saturated carbocycles. The van der Waals surface area contributed by atoms with E-state index in [0.717, 1.165) is 44.9 Å². The average Bonchev–Trinajstić information content (AvgIpc) is 2.28. The lowest BCUT2D eigenvalue weighted by molar-refractivity contribution is -0.152. The minimum absolute atomic E-state index is 0.0503. The van der Waals surface area contributed by atoms with E-state index in [2.05, 4.69) is 13.5 Å². The van der Waals surface area contributed by atoms with Gasteiger partial charge < -0.3 is 4.74 Å². The molecule has 0 aliphatic heterocycles. The van der Waals surface area contributed by atoms with Crippen molar-refractivity contribution >= 4 is 5.97 Å². The van der Waals surface area contributed by atoms with E-state index in [1.165, 1.54) is 12.7 Å². The van der Waals surface area contributed by atoms with Crippen molar-refractivity contribution in [2.75, 3.05) is 0 Å². The van der Waals surface area contributed by atoms with Crippen LogP contribution in [0, 0.1) is 5.41 Å². The van der Waals surface area contributed by atoms with Crippen LogP contribution in [0.1, 0.15) is 58.3 Å². The summed E-state index contributed by atoms with van der Waals surface area (Å²) in [4.78, 5) is 11.9. The van der Waals surface area contributed by atoms with E-state index in [1.54, 1.807) is 0 Å². The Morgan fingerprint density at radius 2 is 2.07 bits per heavy atom. The van der Waals surface area contributed by atoms with Crippen molar-refractivity contribution in [3.8, 4) is 0 Å². The molecule has 1 aliphatic carbocycles. The lowest BCUT2D eigenvalue weighted by Crippen LogP contribution is -2.34. The molecule has 15 heavy (non-hydrogen) atoms. The van der Waals surface area contributed by atoms with Gasteiger partial charge in [0.25, 0.3) is 0 Å². The highest BCUT2D eigenvalue weighted by Gasteiger charge is 2.39. The summed E-state index contributed by atoms with van der Waals surface area (Å²) in [6.45, 7) is 5.63. The van der Waals surface area contributed by atoms with Gasteiger partial charge in [-0.2, -0.15) is 0 Å². The second kappa shape index (κ2) is 5.94. The van der Waals surface area contributed by atoms with Crippen LogP contribution in [-0.4, -0.2) is 5.97 Å². The maximum absolute atomic E-state index is 11.9. The highest BCUT2D eigenvalue weighted by molar-refractivity contribution is 5.77. The lowest BCUT2D eigenvalue weighted by atomic mass is 9.71. The van der Waals surface area contributed by atoms with Crippen molar-refractivity contribution in [3.05, 3.63) is 12.8 Å². The molecule has 0 aromatic rings. The predicted octanol–water partition coefficient (Wildman–Crippen LogP) is 3.81. The zero-order valence-corrected chi connectivity index (χ0v) is 9.76. The van der Waals surface area contributed by atoms with Gasteiger partial charge >= 0.3 is 5.97 Å². The zero-order chi connectivity index (χ0) is 11.1. The van der Waals surface area contributed by atoms with Crippen molar-refractivity contribution in [1.29, 1.82) is 0 Å². The molecule has 2 nitrogen and oxygen atoms in total. The molecule has 0 saturated heterocycles. The van der Waals surface area contributed by atoms with Gasteiger partial charge in [-0.05, 0) is 19.3 Å². The van der Waals surface area contributed by atoms with Gasteiger partial charge in [0.1, 0.15) is 0 Å². The van der Waals surface area contributed by atoms with Crippen molar-refractivity contribution in [2.24, 2.45) is 5.41 Å². The van der Waals surface area contributed by atoms with Crippen molar-refractivity contribution in [2.45, 2.75) is 58.3 Å². The molecule has 0 aromatic heterocycles. The number of carbonyl (C=O) groups is 1. The number of rotatable bonds is 5. The van der Waals surface area contributed by atoms with Crippen LogP contribution in [0.2, 0.25) is 0 Å². The maximum Gasteiger partial charge on any atom is 0.316 e. The minimum atomic E-state index is -0.192. The molecule has 2 heteroatoms. The van der Waals surface area contributed by atoms with Gasteiger partial charge in [0, 0.05) is 0 Å². The van der Waals surface area contributed by atoms with Crippen molar-refractivity contribution < 1.29 is 9.53 Å². The molecule has 0 heterocycles. The first-order valence-corrected chi connectivity index (χ1v) is 6.07. The van der Waals surface area contributed by atoms with Gasteiger partial charge in [-0.15, -0.1) is 0 Å². The van der Waals surface area contributed by atoms with Gasteiger partial charge in [0.2, 0.25) is 0 Å². The van der Waals surface area contributed by atoms with Crippen LogP contribution in [0.25, 0.3) is 0 Å². The van der Waals surface area contributed by atoms with Gasteiger partial charge in [-0.25, -0.2) is 0 Å². The van der Waals surface area contributed by atoms with Crippen LogP contribution >= 0.6 is 0 Å². The molecule has 1 fully saturated rings. The largest absolute Gasteiger partial charge is 0.435 e. The quantitative estimate of drug-likeness (QED) is 0.509. The molecule has 0 N–H and O–H groups in total. The van der Waals surface area contributed by atoms with E-state index >= 15 is 0 Å². The van der Waals surface area contributed by atoms with Crippen LogP contribution in [0.4, 0.5) is 0 Å². The van der Waals surface area contributed by atoms with Crippen molar-refractivity contribution in [3.63, 3.8) is 0 Å². The van der Waals surface area contributed by atoms with Crippen molar-refractivity contribution in [1.82, 2.24) is 0 Å². The minimum Gasteiger partial charge on any atom is -0.435 e. The molecule has 0 bridgehead atoms. The van der Waals surface area contributed by atoms with Gasteiger partial charge in [-0.1, -0.05) is 45.6 Å². The molecule has 1 rings (SSSR count). The number of carbonyl (C=O) groups excluding carboxylic acids is 1. The highest BCUT2D eigenvalue weighted by atomic mass is 16.5. The zero-order valence-electron chi connectivity index (χ0n) is 9.76. The third-order valence-corrected chi connectivity index (χ3v) is 3.44. The van der Waals surface area contributed by atoms with E-state index in [4.69, 9.17) is 4.74 Å². The Kier molecular flexibility index (Phi) is 4.86. The first kappa shape index (κ1) is 12.3. The summed E-state index contributed by atoms with van der Waals surface area (Å²) in [5.74, 6) is -0.0503. The summed E-state index contributed by atoms with van der Waals surface area (Å²) in [5.41, 5.74) is -0.192. The van der Waals surface area contributed by atoms with E-state index in [9.17, 15) is 4.79 Å². The van der Waals surface area contributed by atoms with Crippen LogP contribution in [-0.2, 0) is 9.53 Å². The molecule has 86 valence electrons. The Bertz CT molecular complexity index is 215. The van der Waals surface area contributed by atoms with Crippen LogP contribution in [0.5, 0.6) is 0 Å². The number of hydrogen-bond donors (Lipinski definition) is 0. The lowest BCUT2D eigenvalue weighted by Gasteiger charge is -2.34. The molecule has 0 radical (unpaired) electrons. The molecular formula is C13H22O2. The topological polar surface area (TPSA) is 26.3 Å². The summed E-state index contributed by atoms with van der Waals surface area (Å²) < 4.78 is 5.01. The Balaban J connectivity index is 2.64. The van der Waals surface area contributed by atoms with Gasteiger partial charge in [0.15, 0.2) is 0 Å². The normalized spacial score (nSPS) is 19.5. The molecule has 0 aromatic carbocycles. The Morgan fingerprint density at radius 1 is 1.40 bits per heavy atom. The second-order valence-corrected chi connectivity index (χ2v) is 4.52. The fourth-order valence-corrected chi connectivity index (χ4v) is 2.50. The Morgan fingerprint density at radius 3 is 2.60 bits per heavy atom. The third-order valence-electron chi connectivity index (χ3n) is 3.44. The smallest absolute Gasteiger partial charge is 0.316 e. The molecule has 0 atom stereocenters. The summed E-state index contributed by atoms with van der Waals surface area (Å²) >= 11 is 0. The summed E-state index contributed by atoms with van der Waals surface area (Å²) in [5, 5.41) is 0. The first-order valence-electron chi connectivity index (χ1n) is 6.07. The van der Waals surface area contributed by atoms with Crippen LogP contribution in [0.3, 0.4) is 0 Å². The molecular weight excluding hydrogens is 188 g/mol. The van der Waals surface area contributed by atoms with E-state index < -0.39 is 0 Å². The fourth-order valence-electron chi connectivity index (χ4n) is 2.50. The first-order chi connectivity index (χ1) is 7.25. The Labute approximate surface area is 92.7 Å². The predicted molar refractivity (Wildman–Crippen MR) is 61.3 cm³/mol. The van der Waals surface area contributed by atoms with E-state index in [0.29, 0.717) is 0 Å². The Hall–Kier alpha value is -0.790. The van der Waals surface area contributed by atoms with E-state index in [-0.39, 0.29) is 11.4 Å². The molecule has 0 unspecified atom stereocenters. The standard InChI is InChI=1S/C13H22O2/c1-3-5-9-13(12(14)15-4-2)10-7-6-8-11-13/h4H,2-3,5-11H2,1H3. The fraction of sp³-hybridized carbons (Fsp3) is 0.769. The number of hydrogen-bond acceptors (Lipinski definition) is 2. The van der Waals surface area contributed by atoms with Gasteiger partial charge in [-0.3, -0.25) is 4.79 Å². The summed E-state index contributed by atoms with van der Waals surface area (Å²) in [7, 11) is 0. The summed E-state index contributed by atoms with van der Waals surface area (Å²) in [6.07, 6.45) is 10.1. The average molecular weight is 210 g/mol. The van der Waals surface area contributed by atoms with Gasteiger partial charge in [0.05, 0.1) is 11.7 Å². The molecule has 0 amide bonds. The number of esters is 1. The van der Waals surface area contributed by atoms with E-state index in [1.807, 2.05) is 0 Å². The number of ether oxygens (including phenoxy) is 1. The maximum atomic E-state index is 11.9. The van der Waals surface area contributed by atoms with Crippen LogP contribution < -0.4 is 0 Å².